The number of carbonyl (C=O) groups is 1. The minimum atomic E-state index is -0.337. The molecule has 1 fully saturated rings. The Morgan fingerprint density at radius 1 is 1.44 bits per heavy atom. The maximum absolute atomic E-state index is 11.6. The largest absolute Gasteiger partial charge is 0.446 e. The van der Waals surface area contributed by atoms with Gasteiger partial charge in [0.15, 0.2) is 0 Å². The zero-order valence-corrected chi connectivity index (χ0v) is 11.9. The van der Waals surface area contributed by atoms with E-state index in [1.165, 1.54) is 0 Å². The SMILES string of the molecule is CC(O)CN1CCC(OC(=O)NC(C)(C)C)CC1. The first kappa shape index (κ1) is 15.2. The van der Waals surface area contributed by atoms with E-state index < -0.39 is 0 Å². The molecule has 0 spiro atoms. The molecular weight excluding hydrogens is 232 g/mol. The van der Waals surface area contributed by atoms with Crippen molar-refractivity contribution in [3.05, 3.63) is 0 Å². The van der Waals surface area contributed by atoms with Crippen molar-refractivity contribution in [1.29, 1.82) is 0 Å². The molecule has 18 heavy (non-hydrogen) atoms. The number of aliphatic hydroxyl groups is 1. The summed E-state index contributed by atoms with van der Waals surface area (Å²) in [6.45, 7) is 10.0. The molecule has 0 aromatic carbocycles. The van der Waals surface area contributed by atoms with E-state index in [9.17, 15) is 9.90 Å². The van der Waals surface area contributed by atoms with Crippen LogP contribution in [-0.4, -0.2) is 53.5 Å². The molecule has 0 bridgehead atoms. The van der Waals surface area contributed by atoms with Crippen LogP contribution in [0.4, 0.5) is 4.79 Å². The predicted octanol–water partition coefficient (Wildman–Crippen LogP) is 1.36. The van der Waals surface area contributed by atoms with Gasteiger partial charge >= 0.3 is 6.09 Å². The molecule has 1 amide bonds. The molecule has 0 aromatic heterocycles. The lowest BCUT2D eigenvalue weighted by atomic mass is 10.1. The first-order valence-electron chi connectivity index (χ1n) is 6.65. The zero-order valence-electron chi connectivity index (χ0n) is 11.9. The van der Waals surface area contributed by atoms with E-state index in [1.54, 1.807) is 6.92 Å². The third kappa shape index (κ3) is 6.21. The van der Waals surface area contributed by atoms with Crippen LogP contribution in [0.2, 0.25) is 0 Å². The molecule has 0 aromatic rings. The van der Waals surface area contributed by atoms with E-state index in [0.29, 0.717) is 6.54 Å². The van der Waals surface area contributed by atoms with E-state index in [2.05, 4.69) is 10.2 Å². The molecule has 1 saturated heterocycles. The van der Waals surface area contributed by atoms with E-state index in [1.807, 2.05) is 20.8 Å². The van der Waals surface area contributed by atoms with Crippen molar-refractivity contribution in [3.63, 3.8) is 0 Å². The minimum Gasteiger partial charge on any atom is -0.446 e. The summed E-state index contributed by atoms with van der Waals surface area (Å²) in [6.07, 6.45) is 1.04. The number of hydrogen-bond acceptors (Lipinski definition) is 4. The Kier molecular flexibility index (Phi) is 5.41. The normalized spacial score (nSPS) is 20.5. The number of amides is 1. The number of alkyl carbamates (subject to hydrolysis) is 1. The van der Waals surface area contributed by atoms with Gasteiger partial charge in [0.2, 0.25) is 0 Å². The van der Waals surface area contributed by atoms with Crippen LogP contribution in [0.5, 0.6) is 0 Å². The smallest absolute Gasteiger partial charge is 0.407 e. The van der Waals surface area contributed by atoms with Crippen LogP contribution in [0.1, 0.15) is 40.5 Å². The number of piperidine rings is 1. The molecule has 5 heteroatoms. The second-order valence-electron chi connectivity index (χ2n) is 6.13. The topological polar surface area (TPSA) is 61.8 Å². The molecule has 2 N–H and O–H groups in total. The zero-order chi connectivity index (χ0) is 13.8. The van der Waals surface area contributed by atoms with Crippen LogP contribution < -0.4 is 5.32 Å². The summed E-state index contributed by atoms with van der Waals surface area (Å²) >= 11 is 0. The fourth-order valence-corrected chi connectivity index (χ4v) is 2.07. The molecule has 1 rings (SSSR count). The third-order valence-corrected chi connectivity index (χ3v) is 2.81. The highest BCUT2D eigenvalue weighted by Gasteiger charge is 2.24. The van der Waals surface area contributed by atoms with Crippen molar-refractivity contribution in [2.75, 3.05) is 19.6 Å². The second kappa shape index (κ2) is 6.38. The number of ether oxygens (including phenoxy) is 1. The van der Waals surface area contributed by atoms with Crippen molar-refractivity contribution in [1.82, 2.24) is 10.2 Å². The molecule has 1 aliphatic rings. The first-order chi connectivity index (χ1) is 8.26. The molecule has 106 valence electrons. The van der Waals surface area contributed by atoms with Crippen LogP contribution in [0.25, 0.3) is 0 Å². The molecule has 5 nitrogen and oxygen atoms in total. The van der Waals surface area contributed by atoms with Gasteiger partial charge in [0, 0.05) is 25.2 Å². The van der Waals surface area contributed by atoms with Gasteiger partial charge in [-0.25, -0.2) is 4.79 Å². The van der Waals surface area contributed by atoms with Gasteiger partial charge in [-0.05, 0) is 40.5 Å². The average Bonchev–Trinajstić information content (AvgIpc) is 2.17. The van der Waals surface area contributed by atoms with Crippen LogP contribution in [0.3, 0.4) is 0 Å². The molecule has 1 aliphatic heterocycles. The summed E-state index contributed by atoms with van der Waals surface area (Å²) in [5.74, 6) is 0. The maximum Gasteiger partial charge on any atom is 0.407 e. The number of hydrogen-bond donors (Lipinski definition) is 2. The molecule has 1 atom stereocenters. The highest BCUT2D eigenvalue weighted by atomic mass is 16.6. The summed E-state index contributed by atoms with van der Waals surface area (Å²) in [4.78, 5) is 13.8. The molecule has 0 aliphatic carbocycles. The standard InChI is InChI=1S/C13H26N2O3/c1-10(16)9-15-7-5-11(6-8-15)18-12(17)14-13(2,3)4/h10-11,16H,5-9H2,1-4H3,(H,14,17). The highest BCUT2D eigenvalue weighted by molar-refractivity contribution is 5.68. The van der Waals surface area contributed by atoms with Crippen LogP contribution in [0.15, 0.2) is 0 Å². The fraction of sp³-hybridized carbons (Fsp3) is 0.923. The summed E-state index contributed by atoms with van der Waals surface area (Å²) < 4.78 is 5.38. The van der Waals surface area contributed by atoms with Gasteiger partial charge in [-0.2, -0.15) is 0 Å². The highest BCUT2D eigenvalue weighted by Crippen LogP contribution is 2.14. The Labute approximate surface area is 109 Å². The number of carbonyl (C=O) groups excluding carboxylic acids is 1. The van der Waals surface area contributed by atoms with Crippen molar-refractivity contribution in [2.45, 2.75) is 58.3 Å². The number of likely N-dealkylation sites (tertiary alicyclic amines) is 1. The van der Waals surface area contributed by atoms with Gasteiger partial charge in [0.05, 0.1) is 6.10 Å². The lowest BCUT2D eigenvalue weighted by Crippen LogP contribution is -2.45. The quantitative estimate of drug-likeness (QED) is 0.802. The Bertz CT molecular complexity index is 266. The Hall–Kier alpha value is -0.810. The summed E-state index contributed by atoms with van der Waals surface area (Å²) in [5, 5.41) is 12.1. The van der Waals surface area contributed by atoms with Crippen LogP contribution in [-0.2, 0) is 4.74 Å². The Balaban J connectivity index is 2.25. The van der Waals surface area contributed by atoms with Gasteiger partial charge in [0.1, 0.15) is 6.10 Å². The summed E-state index contributed by atoms with van der Waals surface area (Å²) in [7, 11) is 0. The van der Waals surface area contributed by atoms with E-state index in [4.69, 9.17) is 4.74 Å². The molecular formula is C13H26N2O3. The summed E-state index contributed by atoms with van der Waals surface area (Å²) in [5.41, 5.74) is -0.260. The summed E-state index contributed by atoms with van der Waals surface area (Å²) in [6, 6.07) is 0. The third-order valence-electron chi connectivity index (χ3n) is 2.81. The Morgan fingerprint density at radius 3 is 2.44 bits per heavy atom. The van der Waals surface area contributed by atoms with Crippen LogP contribution in [0, 0.1) is 0 Å². The monoisotopic (exact) mass is 258 g/mol. The van der Waals surface area contributed by atoms with Gasteiger partial charge in [-0.15, -0.1) is 0 Å². The van der Waals surface area contributed by atoms with Gasteiger partial charge < -0.3 is 20.1 Å². The number of nitrogens with zero attached hydrogens (tertiary/aromatic N) is 1. The van der Waals surface area contributed by atoms with Crippen molar-refractivity contribution >= 4 is 6.09 Å². The number of rotatable bonds is 3. The lowest BCUT2D eigenvalue weighted by molar-refractivity contribution is 0.0340. The van der Waals surface area contributed by atoms with Gasteiger partial charge in [-0.3, -0.25) is 0 Å². The van der Waals surface area contributed by atoms with Gasteiger partial charge in [-0.1, -0.05) is 0 Å². The second-order valence-corrected chi connectivity index (χ2v) is 6.13. The number of aliphatic hydroxyl groups excluding tert-OH is 1. The number of β-amino-alcohol motifs (C(OH)–C–C–N with tert-alkyl or cyclic N) is 1. The Morgan fingerprint density at radius 2 is 2.00 bits per heavy atom. The molecule has 0 saturated carbocycles. The minimum absolute atomic E-state index is 0.00222. The van der Waals surface area contributed by atoms with Crippen molar-refractivity contribution in [2.24, 2.45) is 0 Å². The van der Waals surface area contributed by atoms with E-state index >= 15 is 0 Å². The van der Waals surface area contributed by atoms with Crippen molar-refractivity contribution < 1.29 is 14.6 Å². The lowest BCUT2D eigenvalue weighted by Gasteiger charge is -2.32. The fourth-order valence-electron chi connectivity index (χ4n) is 2.07. The predicted molar refractivity (Wildman–Crippen MR) is 70.5 cm³/mol. The molecule has 1 heterocycles. The van der Waals surface area contributed by atoms with Crippen LogP contribution >= 0.6 is 0 Å². The average molecular weight is 258 g/mol. The van der Waals surface area contributed by atoms with E-state index in [0.717, 1.165) is 25.9 Å². The first-order valence-corrected chi connectivity index (χ1v) is 6.65. The van der Waals surface area contributed by atoms with Gasteiger partial charge in [0.25, 0.3) is 0 Å². The maximum atomic E-state index is 11.6. The van der Waals surface area contributed by atoms with E-state index in [-0.39, 0.29) is 23.8 Å². The van der Waals surface area contributed by atoms with Crippen molar-refractivity contribution in [3.8, 4) is 0 Å². The number of nitrogens with one attached hydrogen (secondary N) is 1. The molecule has 1 unspecified atom stereocenters. The molecule has 0 radical (unpaired) electrons.